The molecule has 3 heteroatoms. The number of rotatable bonds is 8. The fourth-order valence-corrected chi connectivity index (χ4v) is 2.67. The minimum Gasteiger partial charge on any atom is -0.466 e. The van der Waals surface area contributed by atoms with E-state index in [1.807, 2.05) is 38.1 Å². The van der Waals surface area contributed by atoms with Gasteiger partial charge in [0.1, 0.15) is 28.8 Å². The molecule has 2 heterocycles. The molecule has 0 N–H and O–H groups in total. The van der Waals surface area contributed by atoms with Crippen molar-refractivity contribution < 1.29 is 13.6 Å². The predicted octanol–water partition coefficient (Wildman–Crippen LogP) is 5.25. The fourth-order valence-electron chi connectivity index (χ4n) is 2.67. The van der Waals surface area contributed by atoms with E-state index in [-0.39, 0.29) is 17.6 Å². The molecule has 0 aliphatic carbocycles. The van der Waals surface area contributed by atoms with Crippen LogP contribution in [0.25, 0.3) is 0 Å². The van der Waals surface area contributed by atoms with Crippen LogP contribution in [0.2, 0.25) is 0 Å². The predicted molar refractivity (Wildman–Crippen MR) is 87.2 cm³/mol. The molecule has 0 aromatic carbocycles. The number of carbonyl (C=O) groups is 1. The van der Waals surface area contributed by atoms with Crippen LogP contribution >= 0.6 is 0 Å². The second-order valence-corrected chi connectivity index (χ2v) is 6.06. The number of ketones is 1. The summed E-state index contributed by atoms with van der Waals surface area (Å²) in [7, 11) is 0. The summed E-state index contributed by atoms with van der Waals surface area (Å²) >= 11 is 0. The molecule has 0 radical (unpaired) electrons. The summed E-state index contributed by atoms with van der Waals surface area (Å²) in [4.78, 5) is 12.3. The van der Waals surface area contributed by atoms with E-state index < -0.39 is 0 Å². The van der Waals surface area contributed by atoms with E-state index in [1.54, 1.807) is 0 Å². The Morgan fingerprint density at radius 1 is 0.864 bits per heavy atom. The first kappa shape index (κ1) is 16.6. The first-order valence-electron chi connectivity index (χ1n) is 8.22. The summed E-state index contributed by atoms with van der Waals surface area (Å²) < 4.78 is 11.5. The Kier molecular flexibility index (Phi) is 5.64. The first-order valence-corrected chi connectivity index (χ1v) is 8.22. The first-order chi connectivity index (χ1) is 10.5. The van der Waals surface area contributed by atoms with Gasteiger partial charge in [-0.1, -0.05) is 27.7 Å². The Morgan fingerprint density at radius 2 is 1.27 bits per heavy atom. The molecule has 0 aliphatic rings. The highest BCUT2D eigenvalue weighted by Crippen LogP contribution is 2.26. The third-order valence-corrected chi connectivity index (χ3v) is 4.10. The van der Waals surface area contributed by atoms with Crippen LogP contribution in [-0.4, -0.2) is 5.78 Å². The molecule has 0 bridgehead atoms. The van der Waals surface area contributed by atoms with E-state index in [2.05, 4.69) is 13.8 Å². The standard InChI is InChI=1S/C19H26O3/c1-5-16-7-9-18(21-16)13(3)11-15(20)12-14(4)19-10-8-17(6-2)22-19/h7-10,13-14H,5-6,11-12H2,1-4H3. The molecule has 0 amide bonds. The van der Waals surface area contributed by atoms with Crippen molar-refractivity contribution in [3.8, 4) is 0 Å². The molecule has 2 rings (SSSR count). The summed E-state index contributed by atoms with van der Waals surface area (Å²) in [6, 6.07) is 7.96. The lowest BCUT2D eigenvalue weighted by molar-refractivity contribution is -0.119. The number of carbonyl (C=O) groups excluding carboxylic acids is 1. The van der Waals surface area contributed by atoms with Crippen molar-refractivity contribution in [2.45, 2.75) is 65.2 Å². The Balaban J connectivity index is 1.88. The monoisotopic (exact) mass is 302 g/mol. The lowest BCUT2D eigenvalue weighted by atomic mass is 9.95. The maximum absolute atomic E-state index is 12.3. The molecular formula is C19H26O3. The minimum absolute atomic E-state index is 0.128. The maximum Gasteiger partial charge on any atom is 0.134 e. The highest BCUT2D eigenvalue weighted by molar-refractivity contribution is 5.79. The smallest absolute Gasteiger partial charge is 0.134 e. The van der Waals surface area contributed by atoms with Crippen molar-refractivity contribution >= 4 is 5.78 Å². The van der Waals surface area contributed by atoms with Crippen LogP contribution in [0.1, 0.15) is 75.4 Å². The van der Waals surface area contributed by atoms with Gasteiger partial charge in [0.2, 0.25) is 0 Å². The minimum atomic E-state index is 0.128. The highest BCUT2D eigenvalue weighted by atomic mass is 16.3. The highest BCUT2D eigenvalue weighted by Gasteiger charge is 2.19. The van der Waals surface area contributed by atoms with Gasteiger partial charge in [0.05, 0.1) is 0 Å². The second-order valence-electron chi connectivity index (χ2n) is 6.06. The normalized spacial score (nSPS) is 14.0. The number of hydrogen-bond donors (Lipinski definition) is 0. The van der Waals surface area contributed by atoms with Gasteiger partial charge < -0.3 is 8.83 Å². The van der Waals surface area contributed by atoms with Crippen LogP contribution in [0.5, 0.6) is 0 Å². The molecule has 120 valence electrons. The molecule has 22 heavy (non-hydrogen) atoms. The van der Waals surface area contributed by atoms with Crippen molar-refractivity contribution in [1.29, 1.82) is 0 Å². The molecule has 0 aliphatic heterocycles. The number of hydrogen-bond acceptors (Lipinski definition) is 3. The van der Waals surface area contributed by atoms with E-state index in [4.69, 9.17) is 8.83 Å². The van der Waals surface area contributed by atoms with Gasteiger partial charge >= 0.3 is 0 Å². The molecule has 2 unspecified atom stereocenters. The van der Waals surface area contributed by atoms with Gasteiger partial charge in [-0.3, -0.25) is 4.79 Å². The van der Waals surface area contributed by atoms with E-state index in [0.29, 0.717) is 12.8 Å². The van der Waals surface area contributed by atoms with E-state index in [9.17, 15) is 4.79 Å². The molecule has 0 saturated carbocycles. The van der Waals surface area contributed by atoms with Crippen molar-refractivity contribution in [2.75, 3.05) is 0 Å². The summed E-state index contributed by atoms with van der Waals surface area (Å²) in [6.45, 7) is 8.22. The van der Waals surface area contributed by atoms with Crippen molar-refractivity contribution in [3.63, 3.8) is 0 Å². The SMILES string of the molecule is CCc1ccc(C(C)CC(=O)CC(C)c2ccc(CC)o2)o1. The van der Waals surface area contributed by atoms with Gasteiger partial charge in [0.25, 0.3) is 0 Å². The van der Waals surface area contributed by atoms with Crippen LogP contribution in [0, 0.1) is 0 Å². The number of furan rings is 2. The molecule has 0 fully saturated rings. The third kappa shape index (κ3) is 4.12. The zero-order valence-corrected chi connectivity index (χ0v) is 14.0. The average molecular weight is 302 g/mol. The van der Waals surface area contributed by atoms with Gasteiger partial charge in [-0.2, -0.15) is 0 Å². The Hall–Kier alpha value is -1.77. The van der Waals surface area contributed by atoms with Crippen LogP contribution in [-0.2, 0) is 17.6 Å². The topological polar surface area (TPSA) is 43.4 Å². The van der Waals surface area contributed by atoms with Gasteiger partial charge in [-0.05, 0) is 24.3 Å². The molecule has 2 aromatic rings. The quantitative estimate of drug-likeness (QED) is 0.668. The number of aryl methyl sites for hydroxylation is 2. The van der Waals surface area contributed by atoms with Crippen LogP contribution < -0.4 is 0 Å². The van der Waals surface area contributed by atoms with Crippen molar-refractivity contribution in [2.24, 2.45) is 0 Å². The van der Waals surface area contributed by atoms with E-state index >= 15 is 0 Å². The second kappa shape index (κ2) is 7.48. The van der Waals surface area contributed by atoms with Gasteiger partial charge in [0, 0.05) is 37.5 Å². The summed E-state index contributed by atoms with van der Waals surface area (Å²) in [5, 5.41) is 0. The molecule has 0 spiro atoms. The molecule has 3 nitrogen and oxygen atoms in total. The average Bonchev–Trinajstić information content (AvgIpc) is 3.16. The van der Waals surface area contributed by atoms with Gasteiger partial charge in [0.15, 0.2) is 0 Å². The summed E-state index contributed by atoms with van der Waals surface area (Å²) in [5.74, 6) is 4.28. The Labute approximate surface area is 132 Å². The van der Waals surface area contributed by atoms with E-state index in [0.717, 1.165) is 35.9 Å². The zero-order valence-electron chi connectivity index (χ0n) is 14.0. The molecule has 0 saturated heterocycles. The van der Waals surface area contributed by atoms with Crippen LogP contribution in [0.15, 0.2) is 33.1 Å². The zero-order chi connectivity index (χ0) is 16.1. The lowest BCUT2D eigenvalue weighted by Crippen LogP contribution is -2.07. The molecular weight excluding hydrogens is 276 g/mol. The van der Waals surface area contributed by atoms with Crippen LogP contribution in [0.3, 0.4) is 0 Å². The molecule has 2 atom stereocenters. The van der Waals surface area contributed by atoms with Gasteiger partial charge in [-0.25, -0.2) is 0 Å². The Bertz CT molecular complexity index is 553. The third-order valence-electron chi connectivity index (χ3n) is 4.10. The van der Waals surface area contributed by atoms with Crippen LogP contribution in [0.4, 0.5) is 0 Å². The number of Topliss-reactive ketones (excluding diaryl/α,β-unsaturated/α-hetero) is 1. The molecule has 2 aromatic heterocycles. The lowest BCUT2D eigenvalue weighted by Gasteiger charge is -2.11. The Morgan fingerprint density at radius 3 is 1.59 bits per heavy atom. The van der Waals surface area contributed by atoms with E-state index in [1.165, 1.54) is 0 Å². The maximum atomic E-state index is 12.3. The van der Waals surface area contributed by atoms with Crippen molar-refractivity contribution in [3.05, 3.63) is 47.3 Å². The van der Waals surface area contributed by atoms with Crippen molar-refractivity contribution in [1.82, 2.24) is 0 Å². The largest absolute Gasteiger partial charge is 0.466 e. The summed E-state index contributed by atoms with van der Waals surface area (Å²) in [5.41, 5.74) is 0. The van der Waals surface area contributed by atoms with Gasteiger partial charge in [-0.15, -0.1) is 0 Å². The fraction of sp³-hybridized carbons (Fsp3) is 0.526. The summed E-state index contributed by atoms with van der Waals surface area (Å²) in [6.07, 6.45) is 2.80.